The third-order valence-corrected chi connectivity index (χ3v) is 6.31. The quantitative estimate of drug-likeness (QED) is 0.317. The van der Waals surface area contributed by atoms with Crippen molar-refractivity contribution in [1.29, 1.82) is 0 Å². The van der Waals surface area contributed by atoms with Crippen molar-refractivity contribution in [2.45, 2.75) is 0 Å². The summed E-state index contributed by atoms with van der Waals surface area (Å²) < 4.78 is 5.17. The highest BCUT2D eigenvalue weighted by Crippen LogP contribution is 2.28. The van der Waals surface area contributed by atoms with Gasteiger partial charge in [-0.2, -0.15) is 0 Å². The molecule has 35 heavy (non-hydrogen) atoms. The van der Waals surface area contributed by atoms with Crippen LogP contribution in [0.2, 0.25) is 0 Å². The number of carbonyl (C=O) groups excluding carboxylic acids is 2. The molecule has 0 bridgehead atoms. The number of nitrogens with one attached hydrogen (secondary N) is 2. The van der Waals surface area contributed by atoms with Gasteiger partial charge in [0.1, 0.15) is 10.8 Å². The number of benzene rings is 4. The van der Waals surface area contributed by atoms with E-state index in [0.29, 0.717) is 27.0 Å². The van der Waals surface area contributed by atoms with Gasteiger partial charge in [0.25, 0.3) is 11.8 Å². The van der Waals surface area contributed by atoms with Crippen LogP contribution in [0.5, 0.6) is 5.75 Å². The Balaban J connectivity index is 1.24. The van der Waals surface area contributed by atoms with Crippen LogP contribution in [0.3, 0.4) is 0 Å². The summed E-state index contributed by atoms with van der Waals surface area (Å²) in [6.07, 6.45) is 0. The Morgan fingerprint density at radius 2 is 1.51 bits per heavy atom. The molecule has 0 aliphatic rings. The lowest BCUT2D eigenvalue weighted by Crippen LogP contribution is -2.14. The van der Waals surface area contributed by atoms with Crippen molar-refractivity contribution in [3.63, 3.8) is 0 Å². The maximum absolute atomic E-state index is 12.8. The van der Waals surface area contributed by atoms with E-state index in [-0.39, 0.29) is 11.8 Å². The molecule has 172 valence electrons. The van der Waals surface area contributed by atoms with Crippen molar-refractivity contribution in [2.75, 3.05) is 17.7 Å². The van der Waals surface area contributed by atoms with Crippen LogP contribution in [-0.2, 0) is 0 Å². The average Bonchev–Trinajstić information content (AvgIpc) is 3.37. The zero-order valence-electron chi connectivity index (χ0n) is 18.7. The topological polar surface area (TPSA) is 93.2 Å². The molecule has 0 radical (unpaired) electrons. The van der Waals surface area contributed by atoms with Crippen LogP contribution in [0.4, 0.5) is 10.8 Å². The molecule has 0 saturated heterocycles. The monoisotopic (exact) mass is 480 g/mol. The van der Waals surface area contributed by atoms with Crippen LogP contribution in [0.25, 0.3) is 21.3 Å². The maximum Gasteiger partial charge on any atom is 0.257 e. The van der Waals surface area contributed by atoms with Crippen LogP contribution in [0, 0.1) is 0 Å². The summed E-state index contributed by atoms with van der Waals surface area (Å²) in [5.74, 6) is 0.233. The van der Waals surface area contributed by atoms with Gasteiger partial charge < -0.3 is 10.1 Å². The minimum atomic E-state index is -0.311. The largest absolute Gasteiger partial charge is 0.497 e. The molecular weight excluding hydrogens is 460 g/mol. The van der Waals surface area contributed by atoms with Gasteiger partial charge in [0.2, 0.25) is 5.13 Å². The van der Waals surface area contributed by atoms with Crippen molar-refractivity contribution in [1.82, 2.24) is 10.2 Å². The molecular formula is C27H20N4O3S. The predicted molar refractivity (Wildman–Crippen MR) is 138 cm³/mol. The minimum absolute atomic E-state index is 0.209. The highest BCUT2D eigenvalue weighted by Gasteiger charge is 2.13. The number of nitrogens with zero attached hydrogens (tertiary/aromatic N) is 2. The first-order chi connectivity index (χ1) is 17.1. The van der Waals surface area contributed by atoms with Crippen molar-refractivity contribution >= 4 is 44.7 Å². The normalized spacial score (nSPS) is 10.7. The van der Waals surface area contributed by atoms with Gasteiger partial charge in [-0.05, 0) is 65.4 Å². The highest BCUT2D eigenvalue weighted by molar-refractivity contribution is 7.18. The molecule has 0 saturated carbocycles. The number of rotatable bonds is 6. The highest BCUT2D eigenvalue weighted by atomic mass is 32.1. The van der Waals surface area contributed by atoms with E-state index in [0.717, 1.165) is 22.1 Å². The Morgan fingerprint density at radius 3 is 2.29 bits per heavy atom. The molecule has 2 N–H and O–H groups in total. The molecule has 8 heteroatoms. The molecule has 1 aromatic heterocycles. The lowest BCUT2D eigenvalue weighted by molar-refractivity contribution is 0.102. The summed E-state index contributed by atoms with van der Waals surface area (Å²) in [6.45, 7) is 0. The lowest BCUT2D eigenvalue weighted by atomic mass is 10.0. The number of carbonyl (C=O) groups is 2. The zero-order valence-corrected chi connectivity index (χ0v) is 19.5. The minimum Gasteiger partial charge on any atom is -0.497 e. The zero-order chi connectivity index (χ0) is 24.2. The number of amides is 2. The van der Waals surface area contributed by atoms with Gasteiger partial charge >= 0.3 is 0 Å². The maximum atomic E-state index is 12.8. The van der Waals surface area contributed by atoms with Crippen LogP contribution < -0.4 is 15.4 Å². The molecule has 0 unspecified atom stereocenters. The van der Waals surface area contributed by atoms with E-state index in [1.54, 1.807) is 37.4 Å². The summed E-state index contributed by atoms with van der Waals surface area (Å²) in [6, 6.07) is 27.5. The molecule has 5 rings (SSSR count). The summed E-state index contributed by atoms with van der Waals surface area (Å²) >= 11 is 1.28. The molecule has 5 aromatic rings. The van der Waals surface area contributed by atoms with Gasteiger partial charge in [-0.15, -0.1) is 10.2 Å². The summed E-state index contributed by atoms with van der Waals surface area (Å²) in [7, 11) is 1.61. The van der Waals surface area contributed by atoms with Crippen molar-refractivity contribution in [2.24, 2.45) is 0 Å². The van der Waals surface area contributed by atoms with E-state index in [2.05, 4.69) is 20.8 Å². The fourth-order valence-corrected chi connectivity index (χ4v) is 4.36. The molecule has 4 aromatic carbocycles. The Kier molecular flexibility index (Phi) is 6.19. The Morgan fingerprint density at radius 1 is 0.771 bits per heavy atom. The smallest absolute Gasteiger partial charge is 0.257 e. The average molecular weight is 481 g/mol. The van der Waals surface area contributed by atoms with E-state index in [4.69, 9.17) is 4.74 Å². The van der Waals surface area contributed by atoms with E-state index < -0.39 is 0 Å². The van der Waals surface area contributed by atoms with E-state index in [1.807, 2.05) is 60.7 Å². The summed E-state index contributed by atoms with van der Waals surface area (Å²) in [5, 5.41) is 16.9. The third-order valence-electron chi connectivity index (χ3n) is 5.42. The van der Waals surface area contributed by atoms with Gasteiger partial charge in [-0.25, -0.2) is 0 Å². The van der Waals surface area contributed by atoms with Crippen molar-refractivity contribution in [3.05, 3.63) is 102 Å². The number of methoxy groups -OCH3 is 1. The second kappa shape index (κ2) is 9.74. The van der Waals surface area contributed by atoms with Crippen LogP contribution in [0.1, 0.15) is 20.7 Å². The molecule has 7 nitrogen and oxygen atoms in total. The van der Waals surface area contributed by atoms with Gasteiger partial charge in [0.05, 0.1) is 7.11 Å². The molecule has 0 aliphatic carbocycles. The fourth-order valence-electron chi connectivity index (χ4n) is 3.62. The number of anilines is 2. The van der Waals surface area contributed by atoms with Crippen LogP contribution in [0.15, 0.2) is 91.0 Å². The SMILES string of the molecule is COc1ccc(-c2nnc(NC(=O)c3ccc(NC(=O)c4cccc5ccccc45)cc3)s2)cc1. The Labute approximate surface area is 205 Å². The summed E-state index contributed by atoms with van der Waals surface area (Å²) in [5.41, 5.74) is 2.51. The lowest BCUT2D eigenvalue weighted by Gasteiger charge is -2.09. The first kappa shape index (κ1) is 22.2. The molecule has 2 amide bonds. The molecule has 0 fully saturated rings. The Hall–Kier alpha value is -4.56. The van der Waals surface area contributed by atoms with Crippen LogP contribution >= 0.6 is 11.3 Å². The van der Waals surface area contributed by atoms with Gasteiger partial charge in [0, 0.05) is 22.4 Å². The number of ether oxygens (including phenoxy) is 1. The molecule has 0 atom stereocenters. The second-order valence-electron chi connectivity index (χ2n) is 7.65. The van der Waals surface area contributed by atoms with E-state index in [1.165, 1.54) is 11.3 Å². The predicted octanol–water partition coefficient (Wildman–Crippen LogP) is 5.87. The molecule has 0 spiro atoms. The summed E-state index contributed by atoms with van der Waals surface area (Å²) in [4.78, 5) is 25.5. The number of hydrogen-bond acceptors (Lipinski definition) is 6. The second-order valence-corrected chi connectivity index (χ2v) is 8.63. The van der Waals surface area contributed by atoms with Crippen LogP contribution in [-0.4, -0.2) is 29.1 Å². The number of fused-ring (bicyclic) bond motifs is 1. The molecule has 0 aliphatic heterocycles. The van der Waals surface area contributed by atoms with Gasteiger partial charge in [0.15, 0.2) is 0 Å². The number of aromatic nitrogens is 2. The van der Waals surface area contributed by atoms with Crippen molar-refractivity contribution < 1.29 is 14.3 Å². The first-order valence-corrected chi connectivity index (χ1v) is 11.6. The number of hydrogen-bond donors (Lipinski definition) is 2. The van der Waals surface area contributed by atoms with E-state index in [9.17, 15) is 9.59 Å². The Bertz CT molecular complexity index is 1510. The van der Waals surface area contributed by atoms with Crippen molar-refractivity contribution in [3.8, 4) is 16.3 Å². The third kappa shape index (κ3) is 4.87. The fraction of sp³-hybridized carbons (Fsp3) is 0.0370. The molecule has 1 heterocycles. The van der Waals surface area contributed by atoms with E-state index >= 15 is 0 Å². The standard InChI is InChI=1S/C27H20N4O3S/c1-34-21-15-11-19(12-16-21)26-30-31-27(35-26)29-24(32)18-9-13-20(14-10-18)28-25(33)23-8-4-6-17-5-2-3-7-22(17)23/h2-16H,1H3,(H,28,33)(H,29,31,32). The first-order valence-electron chi connectivity index (χ1n) is 10.8. The van der Waals surface area contributed by atoms with Gasteiger partial charge in [-0.3, -0.25) is 14.9 Å². The van der Waals surface area contributed by atoms with Gasteiger partial charge in [-0.1, -0.05) is 47.7 Å².